The maximum atomic E-state index is 13.3. The predicted octanol–water partition coefficient (Wildman–Crippen LogP) is 8.01. The molecule has 1 unspecified atom stereocenters. The summed E-state index contributed by atoms with van der Waals surface area (Å²) >= 11 is 6.49. The average molecular weight is 504 g/mol. The Morgan fingerprint density at radius 1 is 0.806 bits per heavy atom. The van der Waals surface area contributed by atoms with Gasteiger partial charge in [-0.1, -0.05) is 83.4 Å². The van der Waals surface area contributed by atoms with E-state index in [-0.39, 0.29) is 11.2 Å². The third kappa shape index (κ3) is 11.6. The standard InChI is InChI=1S/C23H41N3OS4/c1-6-8-10-12-13-14-16-18(31-17-15-11-9-7-2)20(27)24-19-21(28-3)25-23(30-5)26-22(19)29-4/h18H,6-17H2,1-5H3,(H,24,27). The van der Waals surface area contributed by atoms with Crippen molar-refractivity contribution in [3.8, 4) is 0 Å². The van der Waals surface area contributed by atoms with E-state index in [4.69, 9.17) is 0 Å². The first kappa shape index (κ1) is 29.0. The van der Waals surface area contributed by atoms with Gasteiger partial charge in [-0.2, -0.15) is 0 Å². The molecule has 178 valence electrons. The van der Waals surface area contributed by atoms with Gasteiger partial charge >= 0.3 is 0 Å². The van der Waals surface area contributed by atoms with Gasteiger partial charge in [-0.05, 0) is 37.4 Å². The highest BCUT2D eigenvalue weighted by Gasteiger charge is 2.22. The summed E-state index contributed by atoms with van der Waals surface area (Å²) in [6.07, 6.45) is 19.4. The van der Waals surface area contributed by atoms with Gasteiger partial charge in [0.05, 0.1) is 5.25 Å². The fourth-order valence-electron chi connectivity index (χ4n) is 3.25. The van der Waals surface area contributed by atoms with Gasteiger partial charge in [-0.15, -0.1) is 35.3 Å². The number of nitrogens with one attached hydrogen (secondary N) is 1. The zero-order chi connectivity index (χ0) is 22.9. The van der Waals surface area contributed by atoms with E-state index in [1.807, 2.05) is 30.5 Å². The van der Waals surface area contributed by atoms with Gasteiger partial charge < -0.3 is 5.32 Å². The highest BCUT2D eigenvalue weighted by molar-refractivity contribution is 8.00. The van der Waals surface area contributed by atoms with E-state index in [1.54, 1.807) is 23.5 Å². The second-order valence-corrected chi connectivity index (χ2v) is 11.2. The number of anilines is 1. The van der Waals surface area contributed by atoms with Crippen molar-refractivity contribution in [1.29, 1.82) is 0 Å². The van der Waals surface area contributed by atoms with Crippen molar-refractivity contribution >= 4 is 58.6 Å². The van der Waals surface area contributed by atoms with Crippen LogP contribution in [0.3, 0.4) is 0 Å². The molecule has 1 aromatic heterocycles. The minimum absolute atomic E-state index is 0.00237. The van der Waals surface area contributed by atoms with Gasteiger partial charge in [0.25, 0.3) is 0 Å². The Morgan fingerprint density at radius 2 is 1.35 bits per heavy atom. The number of amides is 1. The fourth-order valence-corrected chi connectivity index (χ4v) is 6.06. The molecule has 1 amide bonds. The molecule has 0 bridgehead atoms. The molecular weight excluding hydrogens is 463 g/mol. The molecular formula is C23H41N3OS4. The Morgan fingerprint density at radius 3 is 1.90 bits per heavy atom. The van der Waals surface area contributed by atoms with E-state index in [9.17, 15) is 4.79 Å². The van der Waals surface area contributed by atoms with Crippen LogP contribution in [-0.4, -0.2) is 45.6 Å². The van der Waals surface area contributed by atoms with Crippen LogP contribution in [0.15, 0.2) is 15.2 Å². The number of hydrogen-bond acceptors (Lipinski definition) is 7. The topological polar surface area (TPSA) is 54.9 Å². The Hall–Kier alpha value is -0.0500. The van der Waals surface area contributed by atoms with E-state index in [2.05, 4.69) is 29.1 Å². The summed E-state index contributed by atoms with van der Waals surface area (Å²) in [6, 6.07) is 0. The van der Waals surface area contributed by atoms with Crippen LogP contribution in [0.4, 0.5) is 5.69 Å². The van der Waals surface area contributed by atoms with Crippen LogP contribution in [0.25, 0.3) is 0 Å². The Labute approximate surface area is 207 Å². The van der Waals surface area contributed by atoms with E-state index >= 15 is 0 Å². The number of hydrogen-bond donors (Lipinski definition) is 1. The number of rotatable bonds is 18. The van der Waals surface area contributed by atoms with Crippen molar-refractivity contribution in [1.82, 2.24) is 9.97 Å². The zero-order valence-corrected chi connectivity index (χ0v) is 23.3. The molecule has 1 N–H and O–H groups in total. The lowest BCUT2D eigenvalue weighted by Gasteiger charge is -2.19. The molecule has 1 atom stereocenters. The highest BCUT2D eigenvalue weighted by Crippen LogP contribution is 2.34. The molecule has 0 spiro atoms. The van der Waals surface area contributed by atoms with Crippen LogP contribution in [0.5, 0.6) is 0 Å². The summed E-state index contributed by atoms with van der Waals surface area (Å²) in [5.41, 5.74) is 0.780. The number of carbonyl (C=O) groups excluding carboxylic acids is 1. The second kappa shape index (κ2) is 18.4. The number of aromatic nitrogens is 2. The maximum absolute atomic E-state index is 13.3. The molecule has 8 heteroatoms. The predicted molar refractivity (Wildman–Crippen MR) is 144 cm³/mol. The van der Waals surface area contributed by atoms with Crippen LogP contribution in [-0.2, 0) is 4.79 Å². The molecule has 0 aliphatic heterocycles. The van der Waals surface area contributed by atoms with Crippen molar-refractivity contribution in [2.75, 3.05) is 29.8 Å². The lowest BCUT2D eigenvalue weighted by Crippen LogP contribution is -2.26. The van der Waals surface area contributed by atoms with Crippen molar-refractivity contribution in [3.05, 3.63) is 0 Å². The van der Waals surface area contributed by atoms with Crippen LogP contribution >= 0.6 is 47.0 Å². The van der Waals surface area contributed by atoms with E-state index in [0.29, 0.717) is 0 Å². The van der Waals surface area contributed by atoms with Gasteiger partial charge in [0, 0.05) is 0 Å². The zero-order valence-electron chi connectivity index (χ0n) is 20.0. The normalized spacial score (nSPS) is 12.2. The quantitative estimate of drug-likeness (QED) is 0.0942. The van der Waals surface area contributed by atoms with Gasteiger partial charge in [0.2, 0.25) is 5.91 Å². The SMILES string of the molecule is CCCCCCCCC(SCCCCCC)C(=O)Nc1c(SC)nc(SC)nc1SC. The monoisotopic (exact) mass is 503 g/mol. The molecule has 0 saturated heterocycles. The molecule has 1 aromatic rings. The lowest BCUT2D eigenvalue weighted by atomic mass is 10.1. The third-order valence-corrected chi connectivity index (χ3v) is 8.36. The minimum Gasteiger partial charge on any atom is -0.321 e. The number of thioether (sulfide) groups is 4. The van der Waals surface area contributed by atoms with E-state index in [1.165, 1.54) is 69.5 Å². The molecule has 0 aromatic carbocycles. The van der Waals surface area contributed by atoms with Crippen molar-refractivity contribution < 1.29 is 4.79 Å². The number of carbonyl (C=O) groups is 1. The molecule has 0 radical (unpaired) electrons. The van der Waals surface area contributed by atoms with Crippen molar-refractivity contribution in [2.24, 2.45) is 0 Å². The molecule has 1 rings (SSSR count). The third-order valence-electron chi connectivity index (χ3n) is 5.07. The van der Waals surface area contributed by atoms with Gasteiger partial charge in [-0.3, -0.25) is 4.79 Å². The Bertz CT molecular complexity index is 606. The number of unbranched alkanes of at least 4 members (excludes halogenated alkanes) is 8. The van der Waals surface area contributed by atoms with Crippen LogP contribution in [0, 0.1) is 0 Å². The second-order valence-electron chi connectivity index (χ2n) is 7.57. The molecule has 0 aliphatic rings. The van der Waals surface area contributed by atoms with Crippen LogP contribution in [0.2, 0.25) is 0 Å². The highest BCUT2D eigenvalue weighted by atomic mass is 32.2. The molecule has 0 saturated carbocycles. The van der Waals surface area contributed by atoms with Gasteiger partial charge in [0.1, 0.15) is 15.7 Å². The van der Waals surface area contributed by atoms with Crippen molar-refractivity contribution in [3.63, 3.8) is 0 Å². The molecule has 0 aliphatic carbocycles. The summed E-state index contributed by atoms with van der Waals surface area (Å²) in [5.74, 6) is 1.17. The van der Waals surface area contributed by atoms with Crippen LogP contribution in [0.1, 0.15) is 84.5 Å². The molecule has 1 heterocycles. The summed E-state index contributed by atoms with van der Waals surface area (Å²) in [6.45, 7) is 4.48. The summed E-state index contributed by atoms with van der Waals surface area (Å²) in [4.78, 5) is 22.5. The summed E-state index contributed by atoms with van der Waals surface area (Å²) < 4.78 is 0. The van der Waals surface area contributed by atoms with E-state index in [0.717, 1.165) is 39.5 Å². The largest absolute Gasteiger partial charge is 0.321 e. The molecule has 0 fully saturated rings. The molecule has 4 nitrogen and oxygen atoms in total. The summed E-state index contributed by atoms with van der Waals surface area (Å²) in [7, 11) is 0. The van der Waals surface area contributed by atoms with Gasteiger partial charge in [0.15, 0.2) is 5.16 Å². The number of nitrogens with zero attached hydrogens (tertiary/aromatic N) is 2. The minimum atomic E-state index is -0.00237. The first-order chi connectivity index (χ1) is 15.1. The molecule has 31 heavy (non-hydrogen) atoms. The first-order valence-corrected chi connectivity index (χ1v) is 16.3. The van der Waals surface area contributed by atoms with Crippen molar-refractivity contribution in [2.45, 2.75) is 105 Å². The fraction of sp³-hybridized carbons (Fsp3) is 0.783. The smallest absolute Gasteiger partial charge is 0.237 e. The summed E-state index contributed by atoms with van der Waals surface area (Å²) in [5, 5.41) is 5.66. The average Bonchev–Trinajstić information content (AvgIpc) is 2.79. The Balaban J connectivity index is 2.80. The van der Waals surface area contributed by atoms with Crippen LogP contribution < -0.4 is 5.32 Å². The van der Waals surface area contributed by atoms with E-state index < -0.39 is 0 Å². The first-order valence-electron chi connectivity index (χ1n) is 11.6. The lowest BCUT2D eigenvalue weighted by molar-refractivity contribution is -0.115. The Kier molecular flexibility index (Phi) is 17.2. The van der Waals surface area contributed by atoms with Gasteiger partial charge in [-0.25, -0.2) is 9.97 Å². The maximum Gasteiger partial charge on any atom is 0.237 e.